The zero-order valence-corrected chi connectivity index (χ0v) is 16.6. The van der Waals surface area contributed by atoms with Gasteiger partial charge in [0.25, 0.3) is 5.91 Å². The standard InChI is InChI=1S/C19H22N4O2S2/c24-15(9-20-16(25)14-1-2-26-10-14)21-18-23-22-17(27-18)19-6-11-3-12(7-19)5-13(4-11)8-19/h1-2,10-13H,3-9H2,(H,20,25)(H,21,23,24). The van der Waals surface area contributed by atoms with Crippen LogP contribution in [0, 0.1) is 17.8 Å². The first-order valence-electron chi connectivity index (χ1n) is 9.54. The molecule has 0 unspecified atom stereocenters. The molecule has 0 radical (unpaired) electrons. The molecule has 2 N–H and O–H groups in total. The predicted octanol–water partition coefficient (Wildman–Crippen LogP) is 3.44. The van der Waals surface area contributed by atoms with Gasteiger partial charge in [0.15, 0.2) is 0 Å². The van der Waals surface area contributed by atoms with Crippen molar-refractivity contribution in [2.45, 2.75) is 43.9 Å². The van der Waals surface area contributed by atoms with Crippen molar-refractivity contribution in [1.29, 1.82) is 0 Å². The summed E-state index contributed by atoms with van der Waals surface area (Å²) in [6.07, 6.45) is 7.89. The van der Waals surface area contributed by atoms with Crippen LogP contribution >= 0.6 is 22.7 Å². The summed E-state index contributed by atoms with van der Waals surface area (Å²) in [5.41, 5.74) is 0.774. The van der Waals surface area contributed by atoms with Crippen molar-refractivity contribution in [1.82, 2.24) is 15.5 Å². The van der Waals surface area contributed by atoms with Gasteiger partial charge in [0, 0.05) is 16.4 Å². The van der Waals surface area contributed by atoms with Crippen molar-refractivity contribution in [2.75, 3.05) is 11.9 Å². The normalized spacial score (nSPS) is 31.0. The van der Waals surface area contributed by atoms with E-state index in [0.717, 1.165) is 22.8 Å². The third-order valence-electron chi connectivity index (χ3n) is 6.36. The number of rotatable bonds is 5. The Morgan fingerprint density at radius 3 is 2.44 bits per heavy atom. The summed E-state index contributed by atoms with van der Waals surface area (Å²) in [5, 5.41) is 19.3. The summed E-state index contributed by atoms with van der Waals surface area (Å²) in [4.78, 5) is 24.1. The van der Waals surface area contributed by atoms with Crippen LogP contribution in [0.15, 0.2) is 16.8 Å². The van der Waals surface area contributed by atoms with Crippen LogP contribution in [-0.4, -0.2) is 28.6 Å². The lowest BCUT2D eigenvalue weighted by Gasteiger charge is -2.55. The molecule has 2 heterocycles. The van der Waals surface area contributed by atoms with E-state index in [1.165, 1.54) is 61.2 Å². The zero-order chi connectivity index (χ0) is 18.4. The van der Waals surface area contributed by atoms with Crippen LogP contribution in [0.4, 0.5) is 5.13 Å². The summed E-state index contributed by atoms with van der Waals surface area (Å²) in [5.74, 6) is 2.05. The van der Waals surface area contributed by atoms with Gasteiger partial charge in [0.05, 0.1) is 6.54 Å². The number of nitrogens with zero attached hydrogens (tertiary/aromatic N) is 2. The van der Waals surface area contributed by atoms with Crippen molar-refractivity contribution in [3.63, 3.8) is 0 Å². The molecule has 2 aromatic heterocycles. The molecule has 4 aliphatic carbocycles. The minimum atomic E-state index is -0.271. The summed E-state index contributed by atoms with van der Waals surface area (Å²) >= 11 is 2.97. The van der Waals surface area contributed by atoms with E-state index in [2.05, 4.69) is 20.8 Å². The maximum atomic E-state index is 12.2. The van der Waals surface area contributed by atoms with Gasteiger partial charge < -0.3 is 5.32 Å². The fourth-order valence-electron chi connectivity index (χ4n) is 5.68. The second-order valence-electron chi connectivity index (χ2n) is 8.35. The average Bonchev–Trinajstić information content (AvgIpc) is 3.31. The molecule has 8 heteroatoms. The molecule has 6 nitrogen and oxygen atoms in total. The SMILES string of the molecule is O=C(CNC(=O)c1ccsc1)Nc1nnc(C23CC4CC(CC(C4)C2)C3)s1. The average molecular weight is 403 g/mol. The molecule has 0 atom stereocenters. The third kappa shape index (κ3) is 3.29. The maximum absolute atomic E-state index is 12.2. The van der Waals surface area contributed by atoms with Crippen LogP contribution in [0.2, 0.25) is 0 Å². The van der Waals surface area contributed by atoms with E-state index in [0.29, 0.717) is 10.7 Å². The van der Waals surface area contributed by atoms with Crippen molar-refractivity contribution < 1.29 is 9.59 Å². The van der Waals surface area contributed by atoms with Gasteiger partial charge in [-0.2, -0.15) is 11.3 Å². The minimum absolute atomic E-state index is 0.0685. The Hall–Kier alpha value is -1.80. The van der Waals surface area contributed by atoms with E-state index in [-0.39, 0.29) is 23.8 Å². The topological polar surface area (TPSA) is 84.0 Å². The largest absolute Gasteiger partial charge is 0.343 e. The van der Waals surface area contributed by atoms with Crippen molar-refractivity contribution >= 4 is 39.6 Å². The highest BCUT2D eigenvalue weighted by Gasteiger charge is 2.53. The first-order valence-corrected chi connectivity index (χ1v) is 11.3. The molecule has 2 aromatic rings. The van der Waals surface area contributed by atoms with Gasteiger partial charge in [-0.05, 0) is 67.7 Å². The third-order valence-corrected chi connectivity index (χ3v) is 8.12. The number of carbonyl (C=O) groups is 2. The first kappa shape index (κ1) is 17.3. The van der Waals surface area contributed by atoms with Crippen LogP contribution in [0.25, 0.3) is 0 Å². The maximum Gasteiger partial charge on any atom is 0.252 e. The second-order valence-corrected chi connectivity index (χ2v) is 10.1. The van der Waals surface area contributed by atoms with Crippen LogP contribution in [0.1, 0.15) is 53.9 Å². The fraction of sp³-hybridized carbons (Fsp3) is 0.579. The van der Waals surface area contributed by atoms with Crippen LogP contribution in [0.3, 0.4) is 0 Å². The number of aromatic nitrogens is 2. The van der Waals surface area contributed by atoms with E-state index in [9.17, 15) is 9.59 Å². The number of amides is 2. The molecule has 0 aromatic carbocycles. The smallest absolute Gasteiger partial charge is 0.252 e. The van der Waals surface area contributed by atoms with Gasteiger partial charge in [0.1, 0.15) is 5.01 Å². The minimum Gasteiger partial charge on any atom is -0.343 e. The number of thiophene rings is 1. The Balaban J connectivity index is 1.21. The summed E-state index contributed by atoms with van der Waals surface area (Å²) < 4.78 is 0. The molecule has 4 fully saturated rings. The van der Waals surface area contributed by atoms with E-state index in [1.807, 2.05) is 5.38 Å². The van der Waals surface area contributed by atoms with Crippen LogP contribution in [0.5, 0.6) is 0 Å². The number of hydrogen-bond donors (Lipinski definition) is 2. The van der Waals surface area contributed by atoms with Gasteiger partial charge in [0.2, 0.25) is 11.0 Å². The van der Waals surface area contributed by atoms with E-state index in [1.54, 1.807) is 11.4 Å². The van der Waals surface area contributed by atoms with Crippen molar-refractivity contribution in [3.8, 4) is 0 Å². The molecular formula is C19H22N4O2S2. The van der Waals surface area contributed by atoms with Crippen molar-refractivity contribution in [3.05, 3.63) is 27.4 Å². The Labute approximate surface area is 165 Å². The Kier molecular flexibility index (Phi) is 4.27. The molecule has 6 rings (SSSR count). The molecule has 142 valence electrons. The highest BCUT2D eigenvalue weighted by atomic mass is 32.1. The van der Waals surface area contributed by atoms with Gasteiger partial charge in [-0.25, -0.2) is 0 Å². The lowest BCUT2D eigenvalue weighted by atomic mass is 9.50. The summed E-state index contributed by atoms with van der Waals surface area (Å²) in [6.45, 7) is -0.0685. The Bertz CT molecular complexity index is 826. The second kappa shape index (κ2) is 6.67. The molecule has 4 bridgehead atoms. The van der Waals surface area contributed by atoms with Crippen LogP contribution < -0.4 is 10.6 Å². The lowest BCUT2D eigenvalue weighted by Crippen LogP contribution is -2.48. The zero-order valence-electron chi connectivity index (χ0n) is 14.9. The number of hydrogen-bond acceptors (Lipinski definition) is 6. The first-order chi connectivity index (χ1) is 13.1. The molecule has 4 saturated carbocycles. The Morgan fingerprint density at radius 2 is 1.81 bits per heavy atom. The van der Waals surface area contributed by atoms with Crippen molar-refractivity contribution in [2.24, 2.45) is 17.8 Å². The molecule has 27 heavy (non-hydrogen) atoms. The van der Waals surface area contributed by atoms with Crippen LogP contribution in [-0.2, 0) is 10.2 Å². The van der Waals surface area contributed by atoms with E-state index in [4.69, 9.17) is 0 Å². The summed E-state index contributed by atoms with van der Waals surface area (Å²) in [6, 6.07) is 1.74. The highest BCUT2D eigenvalue weighted by molar-refractivity contribution is 7.15. The molecule has 0 aliphatic heterocycles. The predicted molar refractivity (Wildman–Crippen MR) is 105 cm³/mol. The van der Waals surface area contributed by atoms with Gasteiger partial charge in [-0.3, -0.25) is 14.9 Å². The van der Waals surface area contributed by atoms with E-state index < -0.39 is 0 Å². The monoisotopic (exact) mass is 402 g/mol. The van der Waals surface area contributed by atoms with Gasteiger partial charge >= 0.3 is 0 Å². The quantitative estimate of drug-likeness (QED) is 0.802. The Morgan fingerprint density at radius 1 is 1.11 bits per heavy atom. The molecule has 0 spiro atoms. The fourth-order valence-corrected chi connectivity index (χ4v) is 7.29. The molecule has 0 saturated heterocycles. The highest BCUT2D eigenvalue weighted by Crippen LogP contribution is 2.61. The summed E-state index contributed by atoms with van der Waals surface area (Å²) in [7, 11) is 0. The molecular weight excluding hydrogens is 380 g/mol. The number of carbonyl (C=O) groups excluding carboxylic acids is 2. The van der Waals surface area contributed by atoms with Gasteiger partial charge in [-0.1, -0.05) is 11.3 Å². The number of anilines is 1. The lowest BCUT2D eigenvalue weighted by molar-refractivity contribution is -0.115. The van der Waals surface area contributed by atoms with Gasteiger partial charge in [-0.15, -0.1) is 10.2 Å². The molecule has 4 aliphatic rings. The number of nitrogens with one attached hydrogen (secondary N) is 2. The van der Waals surface area contributed by atoms with E-state index >= 15 is 0 Å². The molecule has 2 amide bonds.